The van der Waals surface area contributed by atoms with Gasteiger partial charge in [0.1, 0.15) is 12.4 Å². The number of hydrogen-bond donors (Lipinski definition) is 0. The molecule has 0 amide bonds. The molecule has 16 heavy (non-hydrogen) atoms. The second-order valence-electron chi connectivity index (χ2n) is 3.82. The Bertz CT molecular complexity index is 322. The predicted octanol–water partition coefficient (Wildman–Crippen LogP) is 4.29. The molecule has 1 rings (SSSR count). The molecule has 0 bridgehead atoms. The van der Waals surface area contributed by atoms with Crippen molar-refractivity contribution in [3.63, 3.8) is 0 Å². The highest BCUT2D eigenvalue weighted by atomic mass is 16.5. The van der Waals surface area contributed by atoms with Crippen LogP contribution >= 0.6 is 0 Å². The van der Waals surface area contributed by atoms with Crippen molar-refractivity contribution in [1.82, 2.24) is 0 Å². The van der Waals surface area contributed by atoms with Gasteiger partial charge in [-0.3, -0.25) is 0 Å². The van der Waals surface area contributed by atoms with Crippen molar-refractivity contribution in [3.05, 3.63) is 54.6 Å². The van der Waals surface area contributed by atoms with Crippen molar-refractivity contribution < 1.29 is 4.74 Å². The normalized spacial score (nSPS) is 10.6. The Balaban J connectivity index is 2.15. The van der Waals surface area contributed by atoms with Gasteiger partial charge in [-0.05, 0) is 38.3 Å². The zero-order valence-corrected chi connectivity index (χ0v) is 9.99. The van der Waals surface area contributed by atoms with Crippen molar-refractivity contribution in [1.29, 1.82) is 0 Å². The molecule has 0 aliphatic heterocycles. The maximum atomic E-state index is 5.56. The minimum Gasteiger partial charge on any atom is -0.490 e. The summed E-state index contributed by atoms with van der Waals surface area (Å²) in [4.78, 5) is 0. The quantitative estimate of drug-likeness (QED) is 0.488. The summed E-state index contributed by atoms with van der Waals surface area (Å²) in [7, 11) is 0. The lowest BCUT2D eigenvalue weighted by Crippen LogP contribution is -1.92. The van der Waals surface area contributed by atoms with E-state index in [4.69, 9.17) is 4.74 Å². The Hall–Kier alpha value is -1.50. The smallest absolute Gasteiger partial charge is 0.119 e. The lowest BCUT2D eigenvalue weighted by Gasteiger charge is -2.02. The topological polar surface area (TPSA) is 9.23 Å². The van der Waals surface area contributed by atoms with Gasteiger partial charge in [0.25, 0.3) is 0 Å². The third-order valence-electron chi connectivity index (χ3n) is 2.31. The second-order valence-corrected chi connectivity index (χ2v) is 3.82. The lowest BCUT2D eigenvalue weighted by molar-refractivity contribution is 0.362. The van der Waals surface area contributed by atoms with E-state index in [1.807, 2.05) is 18.2 Å². The molecule has 0 aliphatic rings. The molecule has 1 nitrogen and oxygen atoms in total. The molecule has 0 radical (unpaired) electrons. The summed E-state index contributed by atoms with van der Waals surface area (Å²) in [5.74, 6) is 0.932. The maximum absolute atomic E-state index is 5.56. The molecule has 0 fully saturated rings. The van der Waals surface area contributed by atoms with E-state index in [2.05, 4.69) is 37.8 Å². The summed E-state index contributed by atoms with van der Waals surface area (Å²) in [5, 5.41) is 0. The van der Waals surface area contributed by atoms with E-state index in [0.717, 1.165) is 18.6 Å². The number of hydrogen-bond acceptors (Lipinski definition) is 1. The van der Waals surface area contributed by atoms with Crippen molar-refractivity contribution >= 4 is 0 Å². The molecule has 0 unspecified atom stereocenters. The van der Waals surface area contributed by atoms with Gasteiger partial charge in [0.05, 0.1) is 0 Å². The number of aryl methyl sites for hydroxylation is 1. The number of rotatable bonds is 7. The number of unbranched alkanes of at least 4 members (excludes halogenated alkanes) is 2. The molecule has 1 aromatic rings. The van der Waals surface area contributed by atoms with E-state index in [0.29, 0.717) is 6.61 Å². The van der Waals surface area contributed by atoms with E-state index in [1.165, 1.54) is 12.0 Å². The fourth-order valence-electron chi connectivity index (χ4n) is 1.34. The standard InChI is InChI=1S/C15H20O/c1-3-4-5-6-7-8-13-16-15-11-9-14(2)10-12-15/h3,7-12H,1,4-6,13H2,2H3. The first kappa shape index (κ1) is 12.6. The lowest BCUT2D eigenvalue weighted by atomic mass is 10.2. The first-order valence-electron chi connectivity index (χ1n) is 5.78. The number of benzene rings is 1. The fraction of sp³-hybridized carbons (Fsp3) is 0.333. The van der Waals surface area contributed by atoms with Crippen molar-refractivity contribution in [3.8, 4) is 5.75 Å². The van der Waals surface area contributed by atoms with Gasteiger partial charge in [-0.1, -0.05) is 35.9 Å². The average molecular weight is 216 g/mol. The fourth-order valence-corrected chi connectivity index (χ4v) is 1.34. The zero-order chi connectivity index (χ0) is 11.6. The van der Waals surface area contributed by atoms with Gasteiger partial charge in [-0.15, -0.1) is 6.58 Å². The molecule has 0 saturated heterocycles. The largest absolute Gasteiger partial charge is 0.490 e. The summed E-state index contributed by atoms with van der Waals surface area (Å²) in [5.41, 5.74) is 1.26. The molecule has 0 saturated carbocycles. The maximum Gasteiger partial charge on any atom is 0.119 e. The van der Waals surface area contributed by atoms with Crippen LogP contribution in [0.15, 0.2) is 49.1 Å². The van der Waals surface area contributed by atoms with Gasteiger partial charge >= 0.3 is 0 Å². The third-order valence-corrected chi connectivity index (χ3v) is 2.31. The van der Waals surface area contributed by atoms with Gasteiger partial charge in [0.15, 0.2) is 0 Å². The second kappa shape index (κ2) is 7.75. The van der Waals surface area contributed by atoms with Crippen LogP contribution in [0.25, 0.3) is 0 Å². The summed E-state index contributed by atoms with van der Waals surface area (Å²) >= 11 is 0. The SMILES string of the molecule is C=CCCCC=CCOc1ccc(C)cc1. The van der Waals surface area contributed by atoms with E-state index in [-0.39, 0.29) is 0 Å². The van der Waals surface area contributed by atoms with Gasteiger partial charge < -0.3 is 4.74 Å². The molecule has 0 spiro atoms. The molecule has 0 aliphatic carbocycles. The van der Waals surface area contributed by atoms with E-state index in [1.54, 1.807) is 0 Å². The summed E-state index contributed by atoms with van der Waals surface area (Å²) < 4.78 is 5.56. The average Bonchev–Trinajstić information content (AvgIpc) is 2.30. The van der Waals surface area contributed by atoms with Crippen LogP contribution in [-0.2, 0) is 0 Å². The van der Waals surface area contributed by atoms with Crippen molar-refractivity contribution in [2.24, 2.45) is 0 Å². The Morgan fingerprint density at radius 3 is 2.56 bits per heavy atom. The van der Waals surface area contributed by atoms with Crippen LogP contribution in [0.5, 0.6) is 5.75 Å². The van der Waals surface area contributed by atoms with Crippen LogP contribution in [-0.4, -0.2) is 6.61 Å². The molecule has 0 aromatic heterocycles. The Labute approximate surface area is 98.5 Å². The third kappa shape index (κ3) is 5.40. The first-order valence-corrected chi connectivity index (χ1v) is 5.78. The molecule has 0 atom stereocenters. The highest BCUT2D eigenvalue weighted by molar-refractivity contribution is 5.26. The van der Waals surface area contributed by atoms with E-state index in [9.17, 15) is 0 Å². The van der Waals surface area contributed by atoms with Crippen LogP contribution in [0.1, 0.15) is 24.8 Å². The minimum atomic E-state index is 0.650. The predicted molar refractivity (Wildman–Crippen MR) is 69.9 cm³/mol. The molecular formula is C15H20O. The Morgan fingerprint density at radius 2 is 1.88 bits per heavy atom. The molecule has 1 heteroatoms. The minimum absolute atomic E-state index is 0.650. The molecular weight excluding hydrogens is 196 g/mol. The highest BCUT2D eigenvalue weighted by Crippen LogP contribution is 2.11. The van der Waals surface area contributed by atoms with Crippen LogP contribution < -0.4 is 4.74 Å². The van der Waals surface area contributed by atoms with Gasteiger partial charge in [0, 0.05) is 0 Å². The van der Waals surface area contributed by atoms with Crippen LogP contribution in [0.3, 0.4) is 0 Å². The summed E-state index contributed by atoms with van der Waals surface area (Å²) in [6.07, 6.45) is 9.55. The molecule has 1 aromatic carbocycles. The van der Waals surface area contributed by atoms with Gasteiger partial charge in [-0.25, -0.2) is 0 Å². The first-order chi connectivity index (χ1) is 7.83. The Kier molecular flexibility index (Phi) is 6.09. The highest BCUT2D eigenvalue weighted by Gasteiger charge is 1.89. The van der Waals surface area contributed by atoms with Gasteiger partial charge in [0.2, 0.25) is 0 Å². The van der Waals surface area contributed by atoms with E-state index >= 15 is 0 Å². The van der Waals surface area contributed by atoms with Gasteiger partial charge in [-0.2, -0.15) is 0 Å². The van der Waals surface area contributed by atoms with Crippen LogP contribution in [0.2, 0.25) is 0 Å². The van der Waals surface area contributed by atoms with Crippen molar-refractivity contribution in [2.45, 2.75) is 26.2 Å². The van der Waals surface area contributed by atoms with E-state index < -0.39 is 0 Å². The molecule has 0 heterocycles. The van der Waals surface area contributed by atoms with Crippen molar-refractivity contribution in [2.75, 3.05) is 6.61 Å². The Morgan fingerprint density at radius 1 is 1.12 bits per heavy atom. The zero-order valence-electron chi connectivity index (χ0n) is 9.99. The van der Waals surface area contributed by atoms with Crippen LogP contribution in [0, 0.1) is 6.92 Å². The summed E-state index contributed by atoms with van der Waals surface area (Å²) in [6.45, 7) is 6.42. The summed E-state index contributed by atoms with van der Waals surface area (Å²) in [6, 6.07) is 8.12. The number of allylic oxidation sites excluding steroid dienone is 2. The monoisotopic (exact) mass is 216 g/mol. The molecule has 86 valence electrons. The van der Waals surface area contributed by atoms with Crippen LogP contribution in [0.4, 0.5) is 0 Å². The number of ether oxygens (including phenoxy) is 1. The molecule has 0 N–H and O–H groups in total.